The fourth-order valence-electron chi connectivity index (χ4n) is 4.03. The topological polar surface area (TPSA) is 112 Å². The third-order valence-corrected chi connectivity index (χ3v) is 6.25. The Morgan fingerprint density at radius 2 is 1.98 bits per heavy atom. The Balaban J connectivity index is 1.49. The first-order valence-electron chi connectivity index (χ1n) is 12.3. The van der Waals surface area contributed by atoms with Crippen LogP contribution in [0.1, 0.15) is 24.5 Å². The van der Waals surface area contributed by atoms with Gasteiger partial charge in [-0.2, -0.15) is 13.2 Å². The highest BCUT2D eigenvalue weighted by molar-refractivity contribution is 5.76. The Morgan fingerprint density at radius 3 is 2.70 bits per heavy atom. The van der Waals surface area contributed by atoms with Crippen molar-refractivity contribution < 1.29 is 32.2 Å². The number of methoxy groups -OCH3 is 1. The van der Waals surface area contributed by atoms with Crippen LogP contribution in [0, 0.1) is 0 Å². The molecule has 1 fully saturated rings. The Labute approximate surface area is 227 Å². The minimum atomic E-state index is -4.72. The fraction of sp³-hybridized carbons (Fsp3) is 0.296. The summed E-state index contributed by atoms with van der Waals surface area (Å²) in [6, 6.07) is 5.21. The molecule has 40 heavy (non-hydrogen) atoms. The largest absolute Gasteiger partial charge is 0.491 e. The molecular weight excluding hydrogens is 529 g/mol. The van der Waals surface area contributed by atoms with E-state index < -0.39 is 11.7 Å². The number of benzene rings is 1. The molecule has 1 N–H and O–H groups in total. The van der Waals surface area contributed by atoms with Gasteiger partial charge in [0, 0.05) is 30.9 Å². The summed E-state index contributed by atoms with van der Waals surface area (Å²) in [6.45, 7) is 0.343. The molecular formula is C27H25F3N6O4. The highest BCUT2D eigenvalue weighted by Gasteiger charge is 2.33. The smallest absolute Gasteiger partial charge is 0.419 e. The van der Waals surface area contributed by atoms with Gasteiger partial charge >= 0.3 is 6.18 Å². The van der Waals surface area contributed by atoms with E-state index in [4.69, 9.17) is 19.2 Å². The number of hydrogen-bond donors (Lipinski definition) is 1. The molecule has 3 aromatic rings. The lowest BCUT2D eigenvalue weighted by Crippen LogP contribution is -2.14. The molecule has 1 saturated carbocycles. The molecule has 1 aliphatic heterocycles. The van der Waals surface area contributed by atoms with Crippen LogP contribution < -0.4 is 24.4 Å². The number of halogens is 3. The highest BCUT2D eigenvalue weighted by atomic mass is 19.4. The van der Waals surface area contributed by atoms with Crippen molar-refractivity contribution in [3.63, 3.8) is 0 Å². The number of hydrogen-bond acceptors (Lipinski definition) is 10. The molecule has 10 nitrogen and oxygen atoms in total. The molecule has 0 amide bonds. The van der Waals surface area contributed by atoms with Gasteiger partial charge in [0.2, 0.25) is 5.88 Å². The Kier molecular flexibility index (Phi) is 7.54. The molecule has 5 rings (SSSR count). The lowest BCUT2D eigenvalue weighted by molar-refractivity contribution is -0.119. The molecule has 0 unspecified atom stereocenters. The van der Waals surface area contributed by atoms with Crippen molar-refractivity contribution in [3.05, 3.63) is 60.3 Å². The van der Waals surface area contributed by atoms with Crippen molar-refractivity contribution in [2.45, 2.75) is 24.9 Å². The van der Waals surface area contributed by atoms with Crippen LogP contribution in [0.2, 0.25) is 0 Å². The van der Waals surface area contributed by atoms with Gasteiger partial charge in [0.05, 0.1) is 30.3 Å². The quantitative estimate of drug-likeness (QED) is 0.255. The summed E-state index contributed by atoms with van der Waals surface area (Å²) < 4.78 is 55.9. The summed E-state index contributed by atoms with van der Waals surface area (Å²) in [5, 5.41) is 3.25. The normalized spacial score (nSPS) is 15.4. The van der Waals surface area contributed by atoms with Crippen LogP contribution >= 0.6 is 0 Å². The molecule has 13 heteroatoms. The van der Waals surface area contributed by atoms with Crippen molar-refractivity contribution in [1.82, 2.24) is 19.9 Å². The number of fused-ring (bicyclic) bond motifs is 5. The van der Waals surface area contributed by atoms with Crippen molar-refractivity contribution in [2.24, 2.45) is 0 Å². The average Bonchev–Trinajstić information content (AvgIpc) is 3.78. The number of anilines is 3. The lowest BCUT2D eigenvalue weighted by atomic mass is 10.1. The second-order valence-corrected chi connectivity index (χ2v) is 9.02. The number of ether oxygens (including phenoxy) is 3. The van der Waals surface area contributed by atoms with Crippen LogP contribution in [0.3, 0.4) is 0 Å². The summed E-state index contributed by atoms with van der Waals surface area (Å²) in [6.07, 6.45) is 3.36. The highest BCUT2D eigenvalue weighted by Crippen LogP contribution is 2.45. The summed E-state index contributed by atoms with van der Waals surface area (Å²) in [5.41, 5.74) is 1.37. The SMILES string of the molecule is COc1cnc2nc1Nc1ccc(N(C)/C=C\C=C(/C=O)C(F)(F)F)cc1OCCOc1ncnc(C3CC3)c1-2. The van der Waals surface area contributed by atoms with E-state index in [1.807, 2.05) is 0 Å². The van der Waals surface area contributed by atoms with E-state index >= 15 is 0 Å². The first-order chi connectivity index (χ1) is 19.3. The third kappa shape index (κ3) is 5.82. The number of allylic oxidation sites excluding steroid dienone is 3. The van der Waals surface area contributed by atoms with Crippen LogP contribution in [0.15, 0.2) is 54.6 Å². The van der Waals surface area contributed by atoms with Crippen molar-refractivity contribution >= 4 is 23.5 Å². The molecule has 0 radical (unpaired) electrons. The number of nitrogens with zero attached hydrogens (tertiary/aromatic N) is 5. The van der Waals surface area contributed by atoms with Crippen molar-refractivity contribution in [2.75, 3.05) is 37.6 Å². The molecule has 0 saturated heterocycles. The van der Waals surface area contributed by atoms with Crippen LogP contribution in [0.4, 0.5) is 30.4 Å². The zero-order chi connectivity index (χ0) is 28.3. The van der Waals surface area contributed by atoms with Gasteiger partial charge < -0.3 is 24.4 Å². The van der Waals surface area contributed by atoms with E-state index in [1.54, 1.807) is 36.3 Å². The van der Waals surface area contributed by atoms with Gasteiger partial charge in [-0.1, -0.05) is 0 Å². The van der Waals surface area contributed by atoms with Gasteiger partial charge in [0.15, 0.2) is 23.7 Å². The monoisotopic (exact) mass is 554 g/mol. The zero-order valence-electron chi connectivity index (χ0n) is 21.6. The van der Waals surface area contributed by atoms with E-state index in [1.165, 1.54) is 19.6 Å². The predicted octanol–water partition coefficient (Wildman–Crippen LogP) is 4.97. The number of alkyl halides is 3. The standard InChI is InChI=1S/C27H25F3N6O4/c1-36(9-3-4-17(14-37)27(28,29)30)18-7-8-19-20(12-18)39-10-11-40-26-22(23(16-5-6-16)32-15-33-26)25-31-13-21(38-2)24(34-19)35-25/h3-4,7-9,12-16H,5-6,10-11H2,1-2H3,(H,31,34,35)/b9-3-,17-4+. The summed E-state index contributed by atoms with van der Waals surface area (Å²) in [5.74, 6) is 2.26. The maximum Gasteiger partial charge on any atom is 0.419 e. The first-order valence-corrected chi connectivity index (χ1v) is 12.3. The van der Waals surface area contributed by atoms with Gasteiger partial charge in [0.25, 0.3) is 0 Å². The van der Waals surface area contributed by atoms with E-state index in [-0.39, 0.29) is 19.5 Å². The molecule has 2 aliphatic rings. The van der Waals surface area contributed by atoms with E-state index in [9.17, 15) is 18.0 Å². The molecule has 0 spiro atoms. The second-order valence-electron chi connectivity index (χ2n) is 9.02. The Hall–Kier alpha value is -4.68. The van der Waals surface area contributed by atoms with Gasteiger partial charge in [-0.05, 0) is 37.1 Å². The first kappa shape index (κ1) is 26.9. The molecule has 3 heterocycles. The Bertz CT molecular complexity index is 1470. The lowest BCUT2D eigenvalue weighted by Gasteiger charge is -2.21. The third-order valence-electron chi connectivity index (χ3n) is 6.25. The average molecular weight is 555 g/mol. The fourth-order valence-corrected chi connectivity index (χ4v) is 4.03. The minimum Gasteiger partial charge on any atom is -0.491 e. The van der Waals surface area contributed by atoms with Gasteiger partial charge in [-0.15, -0.1) is 0 Å². The molecule has 208 valence electrons. The predicted molar refractivity (Wildman–Crippen MR) is 140 cm³/mol. The number of carbonyl (C=O) groups is 1. The van der Waals surface area contributed by atoms with Crippen LogP contribution in [-0.4, -0.2) is 59.8 Å². The summed E-state index contributed by atoms with van der Waals surface area (Å²) in [7, 11) is 3.16. The molecule has 0 atom stereocenters. The minimum absolute atomic E-state index is 0.169. The van der Waals surface area contributed by atoms with Crippen LogP contribution in [0.5, 0.6) is 17.4 Å². The van der Waals surface area contributed by atoms with E-state index in [0.717, 1.165) is 24.6 Å². The summed E-state index contributed by atoms with van der Waals surface area (Å²) >= 11 is 0. The summed E-state index contributed by atoms with van der Waals surface area (Å²) in [4.78, 5) is 30.4. The van der Waals surface area contributed by atoms with Crippen LogP contribution in [0.25, 0.3) is 11.4 Å². The maximum absolute atomic E-state index is 12.8. The maximum atomic E-state index is 12.8. The van der Waals surface area contributed by atoms with Crippen molar-refractivity contribution in [3.8, 4) is 28.8 Å². The van der Waals surface area contributed by atoms with Gasteiger partial charge in [0.1, 0.15) is 30.9 Å². The van der Waals surface area contributed by atoms with Crippen molar-refractivity contribution in [1.29, 1.82) is 0 Å². The zero-order valence-corrected chi connectivity index (χ0v) is 21.6. The number of carbonyl (C=O) groups excluding carboxylic acids is 1. The van der Waals surface area contributed by atoms with E-state index in [0.29, 0.717) is 58.0 Å². The van der Waals surface area contributed by atoms with Crippen LogP contribution in [-0.2, 0) is 4.79 Å². The van der Waals surface area contributed by atoms with E-state index in [2.05, 4.69) is 20.3 Å². The van der Waals surface area contributed by atoms with Gasteiger partial charge in [-0.25, -0.2) is 19.9 Å². The second kappa shape index (κ2) is 11.2. The number of rotatable bonds is 6. The number of aromatic nitrogens is 4. The number of aldehydes is 1. The molecule has 2 aromatic heterocycles. The molecule has 1 aromatic carbocycles. The van der Waals surface area contributed by atoms with Gasteiger partial charge in [-0.3, -0.25) is 4.79 Å². The number of nitrogens with one attached hydrogen (secondary N) is 1. The Morgan fingerprint density at radius 1 is 1.18 bits per heavy atom. The molecule has 1 aliphatic carbocycles. The molecule has 2 bridgehead atoms.